The monoisotopic (exact) mass is 250 g/mol. The summed E-state index contributed by atoms with van der Waals surface area (Å²) in [5.74, 6) is 0. The van der Waals surface area contributed by atoms with Crippen LogP contribution in [0.1, 0.15) is 38.8 Å². The van der Waals surface area contributed by atoms with Gasteiger partial charge >= 0.3 is 0 Å². The molecule has 0 aromatic heterocycles. The SMILES string of the molecule is CCC(C)N(CCOC)c1ccc(C(C)N)cc1. The highest BCUT2D eigenvalue weighted by Crippen LogP contribution is 2.21. The molecule has 0 aliphatic rings. The zero-order valence-corrected chi connectivity index (χ0v) is 12.0. The Morgan fingerprint density at radius 2 is 1.83 bits per heavy atom. The molecule has 0 aliphatic carbocycles. The first-order valence-corrected chi connectivity index (χ1v) is 6.71. The van der Waals surface area contributed by atoms with Crippen LogP contribution in [0.3, 0.4) is 0 Å². The fourth-order valence-corrected chi connectivity index (χ4v) is 1.98. The molecule has 0 bridgehead atoms. The van der Waals surface area contributed by atoms with Crippen molar-refractivity contribution in [3.05, 3.63) is 29.8 Å². The van der Waals surface area contributed by atoms with E-state index in [4.69, 9.17) is 10.5 Å². The van der Waals surface area contributed by atoms with Gasteiger partial charge in [0.05, 0.1) is 6.61 Å². The van der Waals surface area contributed by atoms with Gasteiger partial charge in [0.25, 0.3) is 0 Å². The molecule has 0 heterocycles. The Morgan fingerprint density at radius 1 is 1.22 bits per heavy atom. The third-order valence-corrected chi connectivity index (χ3v) is 3.41. The first-order chi connectivity index (χ1) is 8.60. The molecule has 18 heavy (non-hydrogen) atoms. The maximum Gasteiger partial charge on any atom is 0.0637 e. The van der Waals surface area contributed by atoms with Gasteiger partial charge in [0.1, 0.15) is 0 Å². The molecule has 0 aliphatic heterocycles. The maximum absolute atomic E-state index is 5.87. The summed E-state index contributed by atoms with van der Waals surface area (Å²) in [4.78, 5) is 2.38. The average Bonchev–Trinajstić information content (AvgIpc) is 2.39. The third kappa shape index (κ3) is 4.00. The van der Waals surface area contributed by atoms with Gasteiger partial charge in [0, 0.05) is 31.4 Å². The van der Waals surface area contributed by atoms with Crippen molar-refractivity contribution in [3.8, 4) is 0 Å². The predicted molar refractivity (Wildman–Crippen MR) is 78.0 cm³/mol. The van der Waals surface area contributed by atoms with Gasteiger partial charge in [-0.2, -0.15) is 0 Å². The summed E-state index contributed by atoms with van der Waals surface area (Å²) in [7, 11) is 1.74. The Morgan fingerprint density at radius 3 is 2.28 bits per heavy atom. The van der Waals surface area contributed by atoms with E-state index in [1.165, 1.54) is 11.3 Å². The molecule has 3 nitrogen and oxygen atoms in total. The van der Waals surface area contributed by atoms with Crippen LogP contribution in [0.5, 0.6) is 0 Å². The van der Waals surface area contributed by atoms with Gasteiger partial charge < -0.3 is 15.4 Å². The smallest absolute Gasteiger partial charge is 0.0637 e. The summed E-state index contributed by atoms with van der Waals surface area (Å²) >= 11 is 0. The molecule has 1 aromatic carbocycles. The summed E-state index contributed by atoms with van der Waals surface area (Å²) in [6, 6.07) is 9.14. The van der Waals surface area contributed by atoms with Crippen LogP contribution in [0, 0.1) is 0 Å². The second kappa shape index (κ2) is 7.39. The topological polar surface area (TPSA) is 38.5 Å². The predicted octanol–water partition coefficient (Wildman–Crippen LogP) is 2.96. The molecular formula is C15H26N2O. The molecule has 1 aromatic rings. The van der Waals surface area contributed by atoms with Crippen LogP contribution in [-0.4, -0.2) is 26.3 Å². The second-order valence-corrected chi connectivity index (χ2v) is 4.82. The Kier molecular flexibility index (Phi) is 6.16. The van der Waals surface area contributed by atoms with Crippen molar-refractivity contribution < 1.29 is 4.74 Å². The minimum atomic E-state index is 0.0927. The van der Waals surface area contributed by atoms with Crippen molar-refractivity contribution >= 4 is 5.69 Å². The van der Waals surface area contributed by atoms with Crippen molar-refractivity contribution in [2.75, 3.05) is 25.2 Å². The molecule has 0 fully saturated rings. The van der Waals surface area contributed by atoms with Crippen LogP contribution in [0.4, 0.5) is 5.69 Å². The molecule has 1 rings (SSSR count). The molecule has 102 valence electrons. The molecule has 0 radical (unpaired) electrons. The highest BCUT2D eigenvalue weighted by Gasteiger charge is 2.12. The van der Waals surface area contributed by atoms with E-state index in [1.807, 2.05) is 6.92 Å². The van der Waals surface area contributed by atoms with E-state index in [9.17, 15) is 0 Å². The number of anilines is 1. The Balaban J connectivity index is 2.83. The minimum absolute atomic E-state index is 0.0927. The Hall–Kier alpha value is -1.06. The summed E-state index contributed by atoms with van der Waals surface area (Å²) in [6.07, 6.45) is 1.12. The first kappa shape index (κ1) is 15.0. The molecule has 3 heteroatoms. The van der Waals surface area contributed by atoms with Crippen LogP contribution in [0.25, 0.3) is 0 Å². The molecule has 2 atom stereocenters. The zero-order valence-electron chi connectivity index (χ0n) is 12.0. The Labute approximate surface area is 111 Å². The van der Waals surface area contributed by atoms with Crippen LogP contribution in [0.2, 0.25) is 0 Å². The van der Waals surface area contributed by atoms with E-state index < -0.39 is 0 Å². The van der Waals surface area contributed by atoms with Crippen molar-refractivity contribution in [2.24, 2.45) is 5.73 Å². The number of hydrogen-bond acceptors (Lipinski definition) is 3. The highest BCUT2D eigenvalue weighted by atomic mass is 16.5. The lowest BCUT2D eigenvalue weighted by molar-refractivity contribution is 0.203. The molecule has 0 amide bonds. The van der Waals surface area contributed by atoms with E-state index in [1.54, 1.807) is 7.11 Å². The zero-order chi connectivity index (χ0) is 13.5. The number of benzene rings is 1. The van der Waals surface area contributed by atoms with Crippen molar-refractivity contribution in [1.29, 1.82) is 0 Å². The summed E-state index contributed by atoms with van der Waals surface area (Å²) in [5.41, 5.74) is 8.29. The lowest BCUT2D eigenvalue weighted by atomic mass is 10.1. The van der Waals surface area contributed by atoms with Gasteiger partial charge in [0.15, 0.2) is 0 Å². The van der Waals surface area contributed by atoms with Gasteiger partial charge in [-0.05, 0) is 38.0 Å². The number of methoxy groups -OCH3 is 1. The van der Waals surface area contributed by atoms with E-state index in [0.717, 1.165) is 19.6 Å². The van der Waals surface area contributed by atoms with Gasteiger partial charge in [-0.25, -0.2) is 0 Å². The van der Waals surface area contributed by atoms with E-state index in [2.05, 4.69) is 43.0 Å². The fraction of sp³-hybridized carbons (Fsp3) is 0.600. The number of nitrogens with zero attached hydrogens (tertiary/aromatic N) is 1. The normalized spacial score (nSPS) is 14.3. The fourth-order valence-electron chi connectivity index (χ4n) is 1.98. The van der Waals surface area contributed by atoms with Crippen molar-refractivity contribution in [2.45, 2.75) is 39.3 Å². The lowest BCUT2D eigenvalue weighted by Gasteiger charge is -2.30. The van der Waals surface area contributed by atoms with Crippen LogP contribution in [0.15, 0.2) is 24.3 Å². The maximum atomic E-state index is 5.87. The van der Waals surface area contributed by atoms with Crippen LogP contribution in [-0.2, 0) is 4.74 Å². The van der Waals surface area contributed by atoms with Crippen molar-refractivity contribution in [1.82, 2.24) is 0 Å². The van der Waals surface area contributed by atoms with Crippen LogP contribution < -0.4 is 10.6 Å². The number of rotatable bonds is 7. The highest BCUT2D eigenvalue weighted by molar-refractivity contribution is 5.48. The largest absolute Gasteiger partial charge is 0.383 e. The second-order valence-electron chi connectivity index (χ2n) is 4.82. The van der Waals surface area contributed by atoms with Gasteiger partial charge in [-0.3, -0.25) is 0 Å². The summed E-state index contributed by atoms with van der Waals surface area (Å²) in [6.45, 7) is 8.13. The first-order valence-electron chi connectivity index (χ1n) is 6.71. The number of ether oxygens (including phenoxy) is 1. The summed E-state index contributed by atoms with van der Waals surface area (Å²) in [5, 5.41) is 0. The minimum Gasteiger partial charge on any atom is -0.383 e. The Bertz CT molecular complexity index is 335. The molecule has 0 spiro atoms. The quantitative estimate of drug-likeness (QED) is 0.808. The van der Waals surface area contributed by atoms with E-state index in [0.29, 0.717) is 6.04 Å². The lowest BCUT2D eigenvalue weighted by Crippen LogP contribution is -2.35. The van der Waals surface area contributed by atoms with Gasteiger partial charge in [-0.1, -0.05) is 19.1 Å². The summed E-state index contributed by atoms with van der Waals surface area (Å²) < 4.78 is 5.19. The van der Waals surface area contributed by atoms with Crippen LogP contribution >= 0.6 is 0 Å². The number of nitrogens with two attached hydrogens (primary N) is 1. The van der Waals surface area contributed by atoms with Gasteiger partial charge in [-0.15, -0.1) is 0 Å². The molecular weight excluding hydrogens is 224 g/mol. The van der Waals surface area contributed by atoms with E-state index >= 15 is 0 Å². The molecule has 2 N–H and O–H groups in total. The molecule has 0 saturated carbocycles. The number of hydrogen-bond donors (Lipinski definition) is 1. The average molecular weight is 250 g/mol. The third-order valence-electron chi connectivity index (χ3n) is 3.41. The van der Waals surface area contributed by atoms with Crippen molar-refractivity contribution in [3.63, 3.8) is 0 Å². The molecule has 2 unspecified atom stereocenters. The molecule has 0 saturated heterocycles. The standard InChI is InChI=1S/C15H26N2O/c1-5-12(2)17(10-11-18-4)15-8-6-14(7-9-15)13(3)16/h6-9,12-13H,5,10-11,16H2,1-4H3. The van der Waals surface area contributed by atoms with E-state index in [-0.39, 0.29) is 6.04 Å². The van der Waals surface area contributed by atoms with Gasteiger partial charge in [0.2, 0.25) is 0 Å².